The summed E-state index contributed by atoms with van der Waals surface area (Å²) in [5.74, 6) is -2.01. The van der Waals surface area contributed by atoms with Gasteiger partial charge in [-0.05, 0) is 44.0 Å². The van der Waals surface area contributed by atoms with Crippen LogP contribution in [0.2, 0.25) is 0 Å². The number of hydrogen-bond acceptors (Lipinski definition) is 3. The summed E-state index contributed by atoms with van der Waals surface area (Å²) in [4.78, 5) is 24.1. The second-order valence-electron chi connectivity index (χ2n) is 5.28. The molecule has 4 nitrogen and oxygen atoms in total. The van der Waals surface area contributed by atoms with Gasteiger partial charge in [-0.15, -0.1) is 0 Å². The van der Waals surface area contributed by atoms with Crippen molar-refractivity contribution < 1.29 is 18.7 Å². The summed E-state index contributed by atoms with van der Waals surface area (Å²) in [6.45, 7) is 5.19. The Balaban J connectivity index is 2.06. The molecule has 23 heavy (non-hydrogen) atoms. The zero-order valence-corrected chi connectivity index (χ0v) is 13.2. The standard InChI is InChI=1S/C18H18FNO3/c1-11-7-6-8-12(2)16(11)20-17(21)13(3)23-18(22)14-9-4-5-10-15(14)19/h4-10,13H,1-3H3,(H,20,21)/t13-/m0/s1. The molecule has 1 N–H and O–H groups in total. The summed E-state index contributed by atoms with van der Waals surface area (Å²) in [6.07, 6.45) is -1.04. The first-order valence-electron chi connectivity index (χ1n) is 7.22. The van der Waals surface area contributed by atoms with Crippen LogP contribution in [0.25, 0.3) is 0 Å². The maximum atomic E-state index is 13.5. The van der Waals surface area contributed by atoms with Gasteiger partial charge in [-0.3, -0.25) is 4.79 Å². The van der Waals surface area contributed by atoms with Gasteiger partial charge < -0.3 is 10.1 Å². The Morgan fingerprint density at radius 1 is 1.04 bits per heavy atom. The predicted molar refractivity (Wildman–Crippen MR) is 85.8 cm³/mol. The molecule has 2 rings (SSSR count). The fourth-order valence-electron chi connectivity index (χ4n) is 2.14. The summed E-state index contributed by atoms with van der Waals surface area (Å²) < 4.78 is 18.6. The molecular formula is C18H18FNO3. The summed E-state index contributed by atoms with van der Waals surface area (Å²) in [6, 6.07) is 11.1. The highest BCUT2D eigenvalue weighted by Gasteiger charge is 2.21. The van der Waals surface area contributed by atoms with Crippen LogP contribution in [0.1, 0.15) is 28.4 Å². The van der Waals surface area contributed by atoms with Crippen LogP contribution in [-0.2, 0) is 9.53 Å². The van der Waals surface area contributed by atoms with Gasteiger partial charge in [-0.2, -0.15) is 0 Å². The average molecular weight is 315 g/mol. The molecule has 0 aliphatic carbocycles. The van der Waals surface area contributed by atoms with E-state index in [4.69, 9.17) is 4.74 Å². The first-order valence-corrected chi connectivity index (χ1v) is 7.22. The van der Waals surface area contributed by atoms with E-state index in [-0.39, 0.29) is 5.56 Å². The molecule has 0 aliphatic heterocycles. The average Bonchev–Trinajstić information content (AvgIpc) is 2.51. The number of anilines is 1. The summed E-state index contributed by atoms with van der Waals surface area (Å²) in [5.41, 5.74) is 2.31. The van der Waals surface area contributed by atoms with Gasteiger partial charge in [-0.25, -0.2) is 9.18 Å². The van der Waals surface area contributed by atoms with E-state index in [0.29, 0.717) is 5.69 Å². The smallest absolute Gasteiger partial charge is 0.341 e. The topological polar surface area (TPSA) is 55.4 Å². The maximum Gasteiger partial charge on any atom is 0.341 e. The second-order valence-corrected chi connectivity index (χ2v) is 5.28. The lowest BCUT2D eigenvalue weighted by molar-refractivity contribution is -0.123. The van der Waals surface area contributed by atoms with Crippen molar-refractivity contribution in [1.82, 2.24) is 0 Å². The Hall–Kier alpha value is -2.69. The van der Waals surface area contributed by atoms with E-state index in [0.717, 1.165) is 17.2 Å². The van der Waals surface area contributed by atoms with Crippen molar-refractivity contribution in [3.63, 3.8) is 0 Å². The van der Waals surface area contributed by atoms with Gasteiger partial charge in [0.2, 0.25) is 0 Å². The first-order chi connectivity index (χ1) is 10.9. The minimum Gasteiger partial charge on any atom is -0.449 e. The van der Waals surface area contributed by atoms with E-state index in [9.17, 15) is 14.0 Å². The molecule has 0 saturated carbocycles. The zero-order valence-electron chi connectivity index (χ0n) is 13.2. The summed E-state index contributed by atoms with van der Waals surface area (Å²) in [7, 11) is 0. The van der Waals surface area contributed by atoms with Crippen LogP contribution < -0.4 is 5.32 Å². The van der Waals surface area contributed by atoms with Crippen molar-refractivity contribution in [3.8, 4) is 0 Å². The van der Waals surface area contributed by atoms with Gasteiger partial charge in [0, 0.05) is 5.69 Å². The predicted octanol–water partition coefficient (Wildman–Crippen LogP) is 3.63. The van der Waals surface area contributed by atoms with Crippen LogP contribution in [0.5, 0.6) is 0 Å². The third kappa shape index (κ3) is 3.94. The van der Waals surface area contributed by atoms with Crippen molar-refractivity contribution in [2.45, 2.75) is 26.9 Å². The molecule has 0 fully saturated rings. The molecule has 2 aromatic rings. The Morgan fingerprint density at radius 2 is 1.65 bits per heavy atom. The number of aryl methyl sites for hydroxylation is 2. The Kier molecular flexibility index (Phi) is 5.11. The molecule has 0 saturated heterocycles. The van der Waals surface area contributed by atoms with Crippen LogP contribution in [-0.4, -0.2) is 18.0 Å². The monoisotopic (exact) mass is 315 g/mol. The highest BCUT2D eigenvalue weighted by atomic mass is 19.1. The third-order valence-electron chi connectivity index (χ3n) is 3.48. The van der Waals surface area contributed by atoms with Crippen LogP contribution in [0.3, 0.4) is 0 Å². The zero-order chi connectivity index (χ0) is 17.0. The molecule has 0 heterocycles. The largest absolute Gasteiger partial charge is 0.449 e. The maximum absolute atomic E-state index is 13.5. The van der Waals surface area contributed by atoms with Crippen molar-refractivity contribution >= 4 is 17.6 Å². The van der Waals surface area contributed by atoms with E-state index in [1.807, 2.05) is 32.0 Å². The number of amides is 1. The number of halogens is 1. The van der Waals surface area contributed by atoms with Crippen LogP contribution in [0.15, 0.2) is 42.5 Å². The van der Waals surface area contributed by atoms with E-state index in [1.165, 1.54) is 25.1 Å². The van der Waals surface area contributed by atoms with Gasteiger partial charge in [0.15, 0.2) is 6.10 Å². The molecular weight excluding hydrogens is 297 g/mol. The van der Waals surface area contributed by atoms with Crippen LogP contribution >= 0.6 is 0 Å². The van der Waals surface area contributed by atoms with Gasteiger partial charge in [0.1, 0.15) is 5.82 Å². The SMILES string of the molecule is Cc1cccc(C)c1NC(=O)[C@H](C)OC(=O)c1ccccc1F. The molecule has 120 valence electrons. The molecule has 0 aromatic heterocycles. The lowest BCUT2D eigenvalue weighted by Gasteiger charge is -2.16. The lowest BCUT2D eigenvalue weighted by atomic mass is 10.1. The van der Waals surface area contributed by atoms with E-state index in [2.05, 4.69) is 5.32 Å². The van der Waals surface area contributed by atoms with E-state index >= 15 is 0 Å². The van der Waals surface area contributed by atoms with E-state index < -0.39 is 23.8 Å². The highest BCUT2D eigenvalue weighted by molar-refractivity contribution is 5.98. The van der Waals surface area contributed by atoms with Crippen LogP contribution in [0, 0.1) is 19.7 Å². The molecule has 0 unspecified atom stereocenters. The number of rotatable bonds is 4. The lowest BCUT2D eigenvalue weighted by Crippen LogP contribution is -2.30. The molecule has 2 aromatic carbocycles. The van der Waals surface area contributed by atoms with Crippen molar-refractivity contribution in [3.05, 3.63) is 65.0 Å². The Morgan fingerprint density at radius 3 is 2.26 bits per heavy atom. The molecule has 1 atom stereocenters. The van der Waals surface area contributed by atoms with Crippen molar-refractivity contribution in [2.24, 2.45) is 0 Å². The molecule has 1 amide bonds. The number of carbonyl (C=O) groups is 2. The molecule has 0 bridgehead atoms. The normalized spacial score (nSPS) is 11.7. The first kappa shape index (κ1) is 16.7. The van der Waals surface area contributed by atoms with Gasteiger partial charge in [0.05, 0.1) is 5.56 Å². The number of esters is 1. The van der Waals surface area contributed by atoms with Gasteiger partial charge in [0.25, 0.3) is 5.91 Å². The third-order valence-corrected chi connectivity index (χ3v) is 3.48. The minimum atomic E-state index is -1.04. The molecule has 5 heteroatoms. The number of ether oxygens (including phenoxy) is 1. The minimum absolute atomic E-state index is 0.195. The Labute approximate surface area is 134 Å². The fourth-order valence-corrected chi connectivity index (χ4v) is 2.14. The molecule has 0 aliphatic rings. The van der Waals surface area contributed by atoms with Crippen molar-refractivity contribution in [1.29, 1.82) is 0 Å². The Bertz CT molecular complexity index is 723. The molecule has 0 radical (unpaired) electrons. The van der Waals surface area contributed by atoms with Crippen molar-refractivity contribution in [2.75, 3.05) is 5.32 Å². The number of carbonyl (C=O) groups excluding carboxylic acids is 2. The molecule has 0 spiro atoms. The van der Waals surface area contributed by atoms with Gasteiger partial charge in [-0.1, -0.05) is 30.3 Å². The number of benzene rings is 2. The quantitative estimate of drug-likeness (QED) is 0.877. The highest BCUT2D eigenvalue weighted by Crippen LogP contribution is 2.20. The number of para-hydroxylation sites is 1. The number of hydrogen-bond donors (Lipinski definition) is 1. The van der Waals surface area contributed by atoms with Gasteiger partial charge >= 0.3 is 5.97 Å². The fraction of sp³-hybridized carbons (Fsp3) is 0.222. The number of nitrogens with one attached hydrogen (secondary N) is 1. The van der Waals surface area contributed by atoms with Crippen LogP contribution in [0.4, 0.5) is 10.1 Å². The summed E-state index contributed by atoms with van der Waals surface area (Å²) >= 11 is 0. The second kappa shape index (κ2) is 7.05. The van der Waals surface area contributed by atoms with E-state index in [1.54, 1.807) is 0 Å². The summed E-state index contributed by atoms with van der Waals surface area (Å²) in [5, 5.41) is 2.74.